The second-order valence-corrected chi connectivity index (χ2v) is 14.6. The van der Waals surface area contributed by atoms with Crippen molar-refractivity contribution in [2.75, 3.05) is 6.61 Å². The van der Waals surface area contributed by atoms with Gasteiger partial charge >= 0.3 is 0 Å². The summed E-state index contributed by atoms with van der Waals surface area (Å²) in [5.41, 5.74) is 0.947. The lowest BCUT2D eigenvalue weighted by molar-refractivity contribution is -0.131. The lowest BCUT2D eigenvalue weighted by Gasteiger charge is -2.40. The van der Waals surface area contributed by atoms with Gasteiger partial charge in [-0.2, -0.15) is 8.42 Å². The highest BCUT2D eigenvalue weighted by Crippen LogP contribution is 2.38. The zero-order chi connectivity index (χ0) is 20.5. The first-order valence-corrected chi connectivity index (χ1v) is 13.1. The molecule has 1 aromatic carbocycles. The summed E-state index contributed by atoms with van der Waals surface area (Å²) in [7, 11) is -6.21. The van der Waals surface area contributed by atoms with Crippen LogP contribution in [0.15, 0.2) is 41.5 Å². The predicted octanol–water partition coefficient (Wildman–Crippen LogP) is 3.57. The molecule has 2 rings (SSSR count). The number of carbonyl (C=O) groups is 1. The topological polar surface area (TPSA) is 78.9 Å². The van der Waals surface area contributed by atoms with Gasteiger partial charge in [0.15, 0.2) is 20.2 Å². The molecule has 0 saturated heterocycles. The average Bonchev–Trinajstić information content (AvgIpc) is 2.55. The Morgan fingerprint density at radius 3 is 2.30 bits per heavy atom. The molecule has 0 N–H and O–H groups in total. The molecule has 0 aromatic heterocycles. The first-order chi connectivity index (χ1) is 12.3. The van der Waals surface area contributed by atoms with Crippen LogP contribution in [0.5, 0.6) is 0 Å². The second-order valence-electron chi connectivity index (χ2n) is 8.23. The van der Waals surface area contributed by atoms with E-state index in [4.69, 9.17) is 13.3 Å². The van der Waals surface area contributed by atoms with Gasteiger partial charge in [0.25, 0.3) is 10.1 Å². The molecule has 1 aliphatic rings. The van der Waals surface area contributed by atoms with Gasteiger partial charge in [-0.1, -0.05) is 38.5 Å². The largest absolute Gasteiger partial charge is 0.492 e. The van der Waals surface area contributed by atoms with E-state index in [0.29, 0.717) is 0 Å². The summed E-state index contributed by atoms with van der Waals surface area (Å²) in [6, 6.07) is 6.37. The van der Waals surface area contributed by atoms with Crippen LogP contribution < -0.4 is 0 Å². The van der Waals surface area contributed by atoms with Crippen LogP contribution in [0.2, 0.25) is 18.1 Å². The van der Waals surface area contributed by atoms with Crippen LogP contribution in [0.1, 0.15) is 26.3 Å². The van der Waals surface area contributed by atoms with Crippen LogP contribution in [0.4, 0.5) is 0 Å². The molecule has 0 saturated carbocycles. The van der Waals surface area contributed by atoms with Gasteiger partial charge in [-0.3, -0.25) is 8.98 Å². The summed E-state index contributed by atoms with van der Waals surface area (Å²) in [5.74, 6) is -0.243. The summed E-state index contributed by atoms with van der Waals surface area (Å²) >= 11 is 0. The monoisotopic (exact) mass is 412 g/mol. The Morgan fingerprint density at radius 2 is 1.74 bits per heavy atom. The summed E-state index contributed by atoms with van der Waals surface area (Å²) in [6.07, 6.45) is 0.865. The summed E-state index contributed by atoms with van der Waals surface area (Å²) in [4.78, 5) is 12.4. The molecule has 1 aliphatic heterocycles. The fourth-order valence-corrected chi connectivity index (χ4v) is 4.42. The minimum absolute atomic E-state index is 0.0626. The molecule has 0 aliphatic carbocycles. The maximum Gasteiger partial charge on any atom is 0.297 e. The van der Waals surface area contributed by atoms with Crippen LogP contribution in [0.3, 0.4) is 0 Å². The van der Waals surface area contributed by atoms with Crippen molar-refractivity contribution in [1.82, 2.24) is 0 Å². The third-order valence-electron chi connectivity index (χ3n) is 5.03. The standard InChI is InChI=1S/C19H28O6SSi/c1-14-7-9-15(10-8-14)26(21,22)24-13-17-18(16(20)11-12-23-17)25-27(5,6)19(2,3)4/h7-12,17-18H,13H2,1-6H3/t17-,18+/m1/s1. The Hall–Kier alpha value is -1.48. The van der Waals surface area contributed by atoms with Crippen molar-refractivity contribution < 1.29 is 26.6 Å². The highest BCUT2D eigenvalue weighted by atomic mass is 32.2. The van der Waals surface area contributed by atoms with Crippen molar-refractivity contribution in [3.63, 3.8) is 0 Å². The number of ketones is 1. The molecule has 1 aromatic rings. The van der Waals surface area contributed by atoms with Crippen molar-refractivity contribution in [2.45, 2.75) is 62.9 Å². The molecule has 2 atom stereocenters. The van der Waals surface area contributed by atoms with Crippen molar-refractivity contribution in [3.05, 3.63) is 42.2 Å². The minimum Gasteiger partial charge on any atom is -0.492 e. The lowest BCUT2D eigenvalue weighted by atomic mass is 10.1. The first-order valence-electron chi connectivity index (χ1n) is 8.83. The van der Waals surface area contributed by atoms with Gasteiger partial charge in [-0.05, 0) is 37.2 Å². The first kappa shape index (κ1) is 21.8. The van der Waals surface area contributed by atoms with Crippen LogP contribution >= 0.6 is 0 Å². The molecule has 8 heteroatoms. The molecule has 0 radical (unpaired) electrons. The van der Waals surface area contributed by atoms with E-state index >= 15 is 0 Å². The van der Waals surface area contributed by atoms with E-state index in [-0.39, 0.29) is 22.3 Å². The third kappa shape index (κ3) is 5.28. The molecule has 0 amide bonds. The highest BCUT2D eigenvalue weighted by molar-refractivity contribution is 7.86. The molecule has 0 spiro atoms. The van der Waals surface area contributed by atoms with E-state index in [9.17, 15) is 13.2 Å². The smallest absolute Gasteiger partial charge is 0.297 e. The number of hydrogen-bond acceptors (Lipinski definition) is 6. The maximum atomic E-state index is 12.4. The van der Waals surface area contributed by atoms with Crippen LogP contribution in [0.25, 0.3) is 0 Å². The molecule has 1 heterocycles. The van der Waals surface area contributed by atoms with Crippen molar-refractivity contribution >= 4 is 24.2 Å². The van der Waals surface area contributed by atoms with E-state index in [1.165, 1.54) is 24.5 Å². The van der Waals surface area contributed by atoms with E-state index in [2.05, 4.69) is 20.8 Å². The average molecular weight is 413 g/mol. The predicted molar refractivity (Wildman–Crippen MR) is 105 cm³/mol. The van der Waals surface area contributed by atoms with Gasteiger partial charge in [0.2, 0.25) is 0 Å². The lowest BCUT2D eigenvalue weighted by Crippen LogP contribution is -2.52. The van der Waals surface area contributed by atoms with Crippen molar-refractivity contribution in [3.8, 4) is 0 Å². The van der Waals surface area contributed by atoms with Gasteiger partial charge in [0.1, 0.15) is 12.7 Å². The molecule has 27 heavy (non-hydrogen) atoms. The number of rotatable bonds is 6. The van der Waals surface area contributed by atoms with Crippen LogP contribution in [0, 0.1) is 6.92 Å². The van der Waals surface area contributed by atoms with Crippen LogP contribution in [-0.2, 0) is 28.3 Å². The Labute approximate surface area is 162 Å². The van der Waals surface area contributed by atoms with Gasteiger partial charge in [0, 0.05) is 6.08 Å². The Kier molecular flexibility index (Phi) is 6.36. The molecular weight excluding hydrogens is 384 g/mol. The third-order valence-corrected chi connectivity index (χ3v) is 10.8. The zero-order valence-electron chi connectivity index (χ0n) is 16.7. The highest BCUT2D eigenvalue weighted by Gasteiger charge is 2.44. The molecular formula is C19H28O6SSi. The molecule has 0 fully saturated rings. The Balaban J connectivity index is 2.14. The number of hydrogen-bond donors (Lipinski definition) is 0. The maximum absolute atomic E-state index is 12.4. The summed E-state index contributed by atoms with van der Waals surface area (Å²) in [6.45, 7) is 11.8. The normalized spacial score (nSPS) is 21.2. The summed E-state index contributed by atoms with van der Waals surface area (Å²) in [5, 5.41) is -0.103. The van der Waals surface area contributed by atoms with Gasteiger partial charge in [-0.25, -0.2) is 0 Å². The Morgan fingerprint density at radius 1 is 1.15 bits per heavy atom. The van der Waals surface area contributed by atoms with Gasteiger partial charge < -0.3 is 9.16 Å². The molecule has 0 bridgehead atoms. The van der Waals surface area contributed by atoms with E-state index in [0.717, 1.165) is 5.56 Å². The van der Waals surface area contributed by atoms with Crippen molar-refractivity contribution in [2.24, 2.45) is 0 Å². The zero-order valence-corrected chi connectivity index (χ0v) is 18.5. The quantitative estimate of drug-likeness (QED) is 0.525. The molecule has 0 unspecified atom stereocenters. The van der Waals surface area contributed by atoms with Crippen molar-refractivity contribution in [1.29, 1.82) is 0 Å². The fourth-order valence-electron chi connectivity index (χ4n) is 2.24. The van der Waals surface area contributed by atoms with E-state index in [1.54, 1.807) is 12.1 Å². The molecule has 6 nitrogen and oxygen atoms in total. The molecule has 150 valence electrons. The number of ether oxygens (including phenoxy) is 1. The van der Waals surface area contributed by atoms with Crippen LogP contribution in [-0.4, -0.2) is 41.3 Å². The number of carbonyl (C=O) groups excluding carboxylic acids is 1. The van der Waals surface area contributed by atoms with E-state index in [1.807, 2.05) is 20.0 Å². The van der Waals surface area contributed by atoms with E-state index < -0.39 is 30.6 Å². The fraction of sp³-hybridized carbons (Fsp3) is 0.526. The van der Waals surface area contributed by atoms with Gasteiger partial charge in [-0.15, -0.1) is 0 Å². The minimum atomic E-state index is -3.95. The number of benzene rings is 1. The summed E-state index contributed by atoms with van der Waals surface area (Å²) < 4.78 is 41.7. The van der Waals surface area contributed by atoms with Gasteiger partial charge in [0.05, 0.1) is 11.2 Å². The number of aryl methyl sites for hydroxylation is 1. The SMILES string of the molecule is Cc1ccc(S(=O)(=O)OC[C@H]2OC=CC(=O)[C@@H]2O[Si](C)(C)C(C)(C)C)cc1. The second kappa shape index (κ2) is 7.87. The Bertz CT molecular complexity index is 806.